The van der Waals surface area contributed by atoms with E-state index in [0.717, 1.165) is 45.4 Å². The number of hydrogen-bond acceptors (Lipinski definition) is 2. The zero-order valence-corrected chi connectivity index (χ0v) is 14.8. The normalized spacial score (nSPS) is 23.5. The van der Waals surface area contributed by atoms with Gasteiger partial charge >= 0.3 is 6.03 Å². The van der Waals surface area contributed by atoms with Crippen LogP contribution in [0.4, 0.5) is 4.79 Å². The Kier molecular flexibility index (Phi) is 9.46. The summed E-state index contributed by atoms with van der Waals surface area (Å²) >= 11 is 0. The van der Waals surface area contributed by atoms with Gasteiger partial charge in [0.15, 0.2) is 0 Å². The first-order valence-electron chi connectivity index (χ1n) is 9.96. The molecule has 134 valence electrons. The van der Waals surface area contributed by atoms with Crippen LogP contribution in [0.25, 0.3) is 0 Å². The number of rotatable bonds is 3. The van der Waals surface area contributed by atoms with E-state index >= 15 is 0 Å². The minimum absolute atomic E-state index is 0.0357. The molecule has 1 saturated carbocycles. The Labute approximate surface area is 142 Å². The highest BCUT2D eigenvalue weighted by atomic mass is 16.5. The SMILES string of the molecule is O=C(NCC1CCOCC1)NC1CCCCCCCCCCC1. The molecular formula is C19H36N2O2. The number of amides is 2. The molecule has 2 fully saturated rings. The lowest BCUT2D eigenvalue weighted by atomic mass is 9.98. The van der Waals surface area contributed by atoms with E-state index < -0.39 is 0 Å². The zero-order chi connectivity index (χ0) is 16.2. The number of nitrogens with one attached hydrogen (secondary N) is 2. The first kappa shape index (κ1) is 18.6. The van der Waals surface area contributed by atoms with E-state index in [9.17, 15) is 4.79 Å². The zero-order valence-electron chi connectivity index (χ0n) is 14.8. The van der Waals surface area contributed by atoms with Gasteiger partial charge in [0.2, 0.25) is 0 Å². The van der Waals surface area contributed by atoms with Gasteiger partial charge < -0.3 is 15.4 Å². The topological polar surface area (TPSA) is 50.4 Å². The van der Waals surface area contributed by atoms with Gasteiger partial charge in [0.25, 0.3) is 0 Å². The number of hydrogen-bond donors (Lipinski definition) is 2. The molecule has 1 aliphatic heterocycles. The van der Waals surface area contributed by atoms with E-state index in [2.05, 4.69) is 10.6 Å². The number of ether oxygens (including phenoxy) is 1. The second-order valence-corrected chi connectivity index (χ2v) is 7.37. The predicted octanol–water partition coefficient (Wildman–Crippen LogP) is 4.39. The van der Waals surface area contributed by atoms with Crippen LogP contribution >= 0.6 is 0 Å². The average molecular weight is 325 g/mol. The van der Waals surface area contributed by atoms with Crippen molar-refractivity contribution >= 4 is 6.03 Å². The lowest BCUT2D eigenvalue weighted by Crippen LogP contribution is -2.44. The van der Waals surface area contributed by atoms with Gasteiger partial charge in [-0.3, -0.25) is 0 Å². The van der Waals surface area contributed by atoms with Crippen LogP contribution in [0.15, 0.2) is 0 Å². The number of carbonyl (C=O) groups is 1. The predicted molar refractivity (Wildman–Crippen MR) is 94.7 cm³/mol. The molecular weight excluding hydrogens is 288 g/mol. The van der Waals surface area contributed by atoms with Crippen molar-refractivity contribution in [1.29, 1.82) is 0 Å². The maximum Gasteiger partial charge on any atom is 0.315 e. The molecule has 1 saturated heterocycles. The van der Waals surface area contributed by atoms with Gasteiger partial charge in [-0.2, -0.15) is 0 Å². The highest BCUT2D eigenvalue weighted by Crippen LogP contribution is 2.17. The van der Waals surface area contributed by atoms with Crippen molar-refractivity contribution in [2.24, 2.45) is 5.92 Å². The summed E-state index contributed by atoms with van der Waals surface area (Å²) < 4.78 is 5.37. The Morgan fingerprint density at radius 3 is 1.87 bits per heavy atom. The van der Waals surface area contributed by atoms with E-state index in [1.807, 2.05) is 0 Å². The van der Waals surface area contributed by atoms with E-state index in [4.69, 9.17) is 4.74 Å². The Morgan fingerprint density at radius 2 is 1.30 bits per heavy atom. The molecule has 0 atom stereocenters. The lowest BCUT2D eigenvalue weighted by molar-refractivity contribution is 0.0669. The highest BCUT2D eigenvalue weighted by Gasteiger charge is 2.16. The first-order valence-corrected chi connectivity index (χ1v) is 9.96. The molecule has 2 amide bonds. The molecule has 2 rings (SSSR count). The Bertz CT molecular complexity index is 304. The standard InChI is InChI=1S/C19H36N2O2/c22-19(20-16-17-12-14-23-15-13-17)21-18-10-8-6-4-2-1-3-5-7-9-11-18/h17-18H,1-16H2,(H2,20,21,22). The summed E-state index contributed by atoms with van der Waals surface area (Å²) in [6, 6.07) is 0.401. The molecule has 0 unspecified atom stereocenters. The summed E-state index contributed by atoms with van der Waals surface area (Å²) in [5.41, 5.74) is 0. The van der Waals surface area contributed by atoms with Crippen LogP contribution in [0, 0.1) is 5.92 Å². The Morgan fingerprint density at radius 1 is 0.783 bits per heavy atom. The summed E-state index contributed by atoms with van der Waals surface area (Å²) in [6.45, 7) is 2.48. The monoisotopic (exact) mass is 324 g/mol. The van der Waals surface area contributed by atoms with Crippen LogP contribution in [0.1, 0.15) is 83.5 Å². The maximum absolute atomic E-state index is 12.2. The lowest BCUT2D eigenvalue weighted by Gasteiger charge is -2.24. The summed E-state index contributed by atoms with van der Waals surface area (Å²) in [7, 11) is 0. The highest BCUT2D eigenvalue weighted by molar-refractivity contribution is 5.74. The molecule has 0 aromatic carbocycles. The van der Waals surface area contributed by atoms with Crippen molar-refractivity contribution in [2.45, 2.75) is 89.5 Å². The van der Waals surface area contributed by atoms with Gasteiger partial charge in [-0.25, -0.2) is 4.79 Å². The van der Waals surface area contributed by atoms with Crippen LogP contribution in [0.3, 0.4) is 0 Å². The fourth-order valence-corrected chi connectivity index (χ4v) is 3.73. The second kappa shape index (κ2) is 11.7. The van der Waals surface area contributed by atoms with Gasteiger partial charge in [0.1, 0.15) is 0 Å². The van der Waals surface area contributed by atoms with E-state index in [0.29, 0.717) is 12.0 Å². The van der Waals surface area contributed by atoms with Crippen molar-refractivity contribution in [3.8, 4) is 0 Å². The van der Waals surface area contributed by atoms with Crippen LogP contribution < -0.4 is 10.6 Å². The molecule has 0 aromatic rings. The summed E-state index contributed by atoms with van der Waals surface area (Å²) in [6.07, 6.45) is 16.5. The minimum Gasteiger partial charge on any atom is -0.381 e. The summed E-state index contributed by atoms with van der Waals surface area (Å²) in [5.74, 6) is 0.589. The number of urea groups is 1. The molecule has 4 heteroatoms. The third-order valence-electron chi connectivity index (χ3n) is 5.33. The van der Waals surface area contributed by atoms with E-state index in [-0.39, 0.29) is 6.03 Å². The minimum atomic E-state index is 0.0357. The molecule has 0 radical (unpaired) electrons. The Hall–Kier alpha value is -0.770. The van der Waals surface area contributed by atoms with E-state index in [1.165, 1.54) is 57.8 Å². The van der Waals surface area contributed by atoms with Crippen molar-refractivity contribution in [3.63, 3.8) is 0 Å². The molecule has 1 aliphatic carbocycles. The van der Waals surface area contributed by atoms with E-state index in [1.54, 1.807) is 0 Å². The van der Waals surface area contributed by atoms with Crippen molar-refractivity contribution in [3.05, 3.63) is 0 Å². The molecule has 23 heavy (non-hydrogen) atoms. The quantitative estimate of drug-likeness (QED) is 0.809. The molecule has 4 nitrogen and oxygen atoms in total. The first-order chi connectivity index (χ1) is 11.3. The average Bonchev–Trinajstić information content (AvgIpc) is 2.56. The van der Waals surface area contributed by atoms with Crippen LogP contribution in [0.5, 0.6) is 0 Å². The summed E-state index contributed by atoms with van der Waals surface area (Å²) in [4.78, 5) is 12.2. The van der Waals surface area contributed by atoms with Gasteiger partial charge in [0.05, 0.1) is 0 Å². The third-order valence-corrected chi connectivity index (χ3v) is 5.33. The summed E-state index contributed by atoms with van der Waals surface area (Å²) in [5, 5.41) is 6.31. The van der Waals surface area contributed by atoms with Crippen molar-refractivity contribution in [2.75, 3.05) is 19.8 Å². The second-order valence-electron chi connectivity index (χ2n) is 7.37. The van der Waals surface area contributed by atoms with Gasteiger partial charge in [-0.1, -0.05) is 57.8 Å². The fourth-order valence-electron chi connectivity index (χ4n) is 3.73. The van der Waals surface area contributed by atoms with Crippen molar-refractivity contribution in [1.82, 2.24) is 10.6 Å². The van der Waals surface area contributed by atoms with Gasteiger partial charge in [-0.05, 0) is 31.6 Å². The number of carbonyl (C=O) groups excluding carboxylic acids is 1. The molecule has 0 bridgehead atoms. The maximum atomic E-state index is 12.2. The largest absolute Gasteiger partial charge is 0.381 e. The fraction of sp³-hybridized carbons (Fsp3) is 0.947. The molecule has 0 aromatic heterocycles. The molecule has 2 aliphatic rings. The van der Waals surface area contributed by atoms with Crippen LogP contribution in [-0.2, 0) is 4.74 Å². The third kappa shape index (κ3) is 8.59. The van der Waals surface area contributed by atoms with Crippen LogP contribution in [0.2, 0.25) is 0 Å². The van der Waals surface area contributed by atoms with Gasteiger partial charge in [-0.15, -0.1) is 0 Å². The molecule has 0 spiro atoms. The van der Waals surface area contributed by atoms with Crippen molar-refractivity contribution < 1.29 is 9.53 Å². The van der Waals surface area contributed by atoms with Crippen LogP contribution in [-0.4, -0.2) is 31.8 Å². The molecule has 2 N–H and O–H groups in total. The molecule has 1 heterocycles. The smallest absolute Gasteiger partial charge is 0.315 e. The van der Waals surface area contributed by atoms with Gasteiger partial charge in [0, 0.05) is 25.8 Å². The Balaban J connectivity index is 1.65.